The summed E-state index contributed by atoms with van der Waals surface area (Å²) in [6, 6.07) is 8.45. The summed E-state index contributed by atoms with van der Waals surface area (Å²) in [5, 5.41) is 0. The summed E-state index contributed by atoms with van der Waals surface area (Å²) in [5.41, 5.74) is 1.37. The molecule has 0 aliphatic heterocycles. The number of hydrogen-bond donors (Lipinski definition) is 0. The van der Waals surface area contributed by atoms with Crippen LogP contribution in [0, 0.1) is 0 Å². The van der Waals surface area contributed by atoms with Crippen molar-refractivity contribution in [3.05, 3.63) is 29.8 Å². The summed E-state index contributed by atoms with van der Waals surface area (Å²) < 4.78 is 5.44. The molecule has 2 heteroatoms. The van der Waals surface area contributed by atoms with Crippen molar-refractivity contribution >= 4 is 15.9 Å². The van der Waals surface area contributed by atoms with E-state index >= 15 is 0 Å². The first-order chi connectivity index (χ1) is 7.69. The highest BCUT2D eigenvalue weighted by atomic mass is 79.9. The van der Waals surface area contributed by atoms with Crippen LogP contribution in [0.25, 0.3) is 0 Å². The van der Waals surface area contributed by atoms with Gasteiger partial charge in [-0.25, -0.2) is 0 Å². The number of hydrogen-bond acceptors (Lipinski definition) is 1. The summed E-state index contributed by atoms with van der Waals surface area (Å²) in [6.07, 6.45) is 2.44. The van der Waals surface area contributed by atoms with Crippen molar-refractivity contribution in [3.63, 3.8) is 0 Å². The Morgan fingerprint density at radius 3 is 2.31 bits per heavy atom. The Morgan fingerprint density at radius 2 is 1.81 bits per heavy atom. The summed E-state index contributed by atoms with van der Waals surface area (Å²) in [6.45, 7) is 7.22. The molecule has 2 unspecified atom stereocenters. The van der Waals surface area contributed by atoms with E-state index in [1.807, 2.05) is 6.92 Å². The first-order valence-corrected chi connectivity index (χ1v) is 6.97. The van der Waals surface area contributed by atoms with Gasteiger partial charge in [0.1, 0.15) is 5.75 Å². The van der Waals surface area contributed by atoms with Gasteiger partial charge < -0.3 is 4.74 Å². The molecule has 0 saturated heterocycles. The maximum Gasteiger partial charge on any atom is 0.119 e. The van der Waals surface area contributed by atoms with E-state index in [1.54, 1.807) is 0 Å². The molecule has 1 nitrogen and oxygen atoms in total. The molecule has 1 aromatic carbocycles. The van der Waals surface area contributed by atoms with Gasteiger partial charge in [-0.1, -0.05) is 48.3 Å². The molecule has 0 bridgehead atoms. The number of halogens is 1. The normalized spacial score (nSPS) is 14.5. The van der Waals surface area contributed by atoms with Gasteiger partial charge in [-0.15, -0.1) is 0 Å². The Labute approximate surface area is 107 Å². The lowest BCUT2D eigenvalue weighted by molar-refractivity contribution is 0.340. The highest BCUT2D eigenvalue weighted by molar-refractivity contribution is 9.09. The minimum absolute atomic E-state index is 0.552. The number of benzene rings is 1. The smallest absolute Gasteiger partial charge is 0.119 e. The van der Waals surface area contributed by atoms with Gasteiger partial charge in [0, 0.05) is 4.83 Å². The lowest BCUT2D eigenvalue weighted by Crippen LogP contribution is -2.08. The zero-order valence-corrected chi connectivity index (χ0v) is 12.0. The maximum absolute atomic E-state index is 5.44. The van der Waals surface area contributed by atoms with Gasteiger partial charge in [-0.2, -0.15) is 0 Å². The fourth-order valence-corrected chi connectivity index (χ4v) is 2.53. The van der Waals surface area contributed by atoms with Crippen LogP contribution in [0.1, 0.15) is 45.1 Å². The van der Waals surface area contributed by atoms with Crippen LogP contribution in [0.4, 0.5) is 0 Å². The molecule has 1 aromatic rings. The van der Waals surface area contributed by atoms with Gasteiger partial charge in [0.15, 0.2) is 0 Å². The summed E-state index contributed by atoms with van der Waals surface area (Å²) in [7, 11) is 0. The fourth-order valence-electron chi connectivity index (χ4n) is 1.77. The van der Waals surface area contributed by atoms with Crippen LogP contribution in [-0.2, 0) is 0 Å². The third-order valence-electron chi connectivity index (χ3n) is 2.82. The Morgan fingerprint density at radius 1 is 1.19 bits per heavy atom. The molecule has 0 aliphatic carbocycles. The maximum atomic E-state index is 5.44. The second-order valence-electron chi connectivity index (χ2n) is 4.10. The molecule has 0 spiro atoms. The predicted octanol–water partition coefficient (Wildman–Crippen LogP) is 4.75. The quantitative estimate of drug-likeness (QED) is 0.685. The fraction of sp³-hybridized carbons (Fsp3) is 0.571. The van der Waals surface area contributed by atoms with Crippen molar-refractivity contribution in [3.8, 4) is 5.75 Å². The van der Waals surface area contributed by atoms with Gasteiger partial charge in [0.05, 0.1) is 6.61 Å². The molecule has 1 rings (SSSR count). The monoisotopic (exact) mass is 284 g/mol. The van der Waals surface area contributed by atoms with Crippen LogP contribution >= 0.6 is 15.9 Å². The van der Waals surface area contributed by atoms with E-state index in [4.69, 9.17) is 4.74 Å². The molecule has 0 aliphatic rings. The Bertz CT molecular complexity index is 294. The highest BCUT2D eigenvalue weighted by Gasteiger charge is 2.14. The topological polar surface area (TPSA) is 9.23 Å². The highest BCUT2D eigenvalue weighted by Crippen LogP contribution is 2.28. The van der Waals surface area contributed by atoms with E-state index in [1.165, 1.54) is 18.4 Å². The molecule has 0 amide bonds. The van der Waals surface area contributed by atoms with E-state index in [-0.39, 0.29) is 0 Å². The number of ether oxygens (including phenoxy) is 1. The molecule has 0 radical (unpaired) electrons. The van der Waals surface area contributed by atoms with Crippen molar-refractivity contribution in [1.82, 2.24) is 0 Å². The van der Waals surface area contributed by atoms with E-state index < -0.39 is 0 Å². The van der Waals surface area contributed by atoms with Gasteiger partial charge >= 0.3 is 0 Å². The van der Waals surface area contributed by atoms with E-state index in [0.717, 1.165) is 12.4 Å². The largest absolute Gasteiger partial charge is 0.494 e. The van der Waals surface area contributed by atoms with Crippen molar-refractivity contribution < 1.29 is 4.74 Å². The molecule has 0 fully saturated rings. The van der Waals surface area contributed by atoms with Crippen LogP contribution in [0.15, 0.2) is 24.3 Å². The molecule has 0 aromatic heterocycles. The number of rotatable bonds is 6. The van der Waals surface area contributed by atoms with Crippen LogP contribution < -0.4 is 4.74 Å². The molecular formula is C14H21BrO. The van der Waals surface area contributed by atoms with Gasteiger partial charge in [0.2, 0.25) is 0 Å². The summed E-state index contributed by atoms with van der Waals surface area (Å²) in [4.78, 5) is 0.565. The van der Waals surface area contributed by atoms with Crippen molar-refractivity contribution in [2.45, 2.75) is 44.4 Å². The van der Waals surface area contributed by atoms with E-state index in [9.17, 15) is 0 Å². The number of alkyl halides is 1. The lowest BCUT2D eigenvalue weighted by Gasteiger charge is -2.18. The van der Waals surface area contributed by atoms with Gasteiger partial charge in [-0.05, 0) is 37.0 Å². The van der Waals surface area contributed by atoms with Crippen molar-refractivity contribution in [2.24, 2.45) is 0 Å². The molecular weight excluding hydrogens is 264 g/mol. The van der Waals surface area contributed by atoms with Crippen LogP contribution in [0.2, 0.25) is 0 Å². The van der Waals surface area contributed by atoms with Gasteiger partial charge in [0.25, 0.3) is 0 Å². The predicted molar refractivity (Wildman–Crippen MR) is 73.6 cm³/mol. The minimum Gasteiger partial charge on any atom is -0.494 e. The second-order valence-corrected chi connectivity index (χ2v) is 5.27. The van der Waals surface area contributed by atoms with Crippen LogP contribution in [0.3, 0.4) is 0 Å². The average molecular weight is 285 g/mol. The minimum atomic E-state index is 0.552. The third kappa shape index (κ3) is 3.82. The molecule has 0 saturated carbocycles. The summed E-state index contributed by atoms with van der Waals surface area (Å²) in [5.74, 6) is 1.51. The Kier molecular flexibility index (Phi) is 5.89. The molecule has 2 atom stereocenters. The van der Waals surface area contributed by atoms with Crippen LogP contribution in [0.5, 0.6) is 5.75 Å². The van der Waals surface area contributed by atoms with Crippen molar-refractivity contribution in [1.29, 1.82) is 0 Å². The standard InChI is InChI=1S/C14H21BrO/c1-4-6-14(15)11(3)12-7-9-13(10-8-12)16-5-2/h7-11,14H,4-6H2,1-3H3. The summed E-state index contributed by atoms with van der Waals surface area (Å²) >= 11 is 3.76. The average Bonchev–Trinajstić information content (AvgIpc) is 2.30. The van der Waals surface area contributed by atoms with Crippen LogP contribution in [-0.4, -0.2) is 11.4 Å². The zero-order valence-electron chi connectivity index (χ0n) is 10.4. The molecule has 0 heterocycles. The molecule has 90 valence electrons. The SMILES string of the molecule is CCCC(Br)C(C)c1ccc(OCC)cc1. The zero-order chi connectivity index (χ0) is 12.0. The molecule has 0 N–H and O–H groups in total. The van der Waals surface area contributed by atoms with Gasteiger partial charge in [-0.3, -0.25) is 0 Å². The van der Waals surface area contributed by atoms with E-state index in [2.05, 4.69) is 54.0 Å². The second kappa shape index (κ2) is 6.95. The Balaban J connectivity index is 2.65. The molecule has 16 heavy (non-hydrogen) atoms. The lowest BCUT2D eigenvalue weighted by atomic mass is 9.95. The Hall–Kier alpha value is -0.500. The van der Waals surface area contributed by atoms with Crippen molar-refractivity contribution in [2.75, 3.05) is 6.61 Å². The van der Waals surface area contributed by atoms with E-state index in [0.29, 0.717) is 10.7 Å². The first-order valence-electron chi connectivity index (χ1n) is 6.05. The third-order valence-corrected chi connectivity index (χ3v) is 4.07. The first kappa shape index (κ1) is 13.6.